The molecule has 0 spiro atoms. The largest absolute Gasteiger partial charge is 0.453 e. The van der Waals surface area contributed by atoms with Gasteiger partial charge in [-0.3, -0.25) is 0 Å². The molecule has 0 radical (unpaired) electrons. The summed E-state index contributed by atoms with van der Waals surface area (Å²) in [6, 6.07) is 6.57. The second-order valence-electron chi connectivity index (χ2n) is 3.70. The lowest BCUT2D eigenvalue weighted by atomic mass is 10.1. The highest BCUT2D eigenvalue weighted by Crippen LogP contribution is 2.29. The quantitative estimate of drug-likeness (QED) is 0.895. The van der Waals surface area contributed by atoms with Gasteiger partial charge in [-0.1, -0.05) is 24.3 Å². The number of benzene rings is 1. The van der Waals surface area contributed by atoms with Gasteiger partial charge in [-0.25, -0.2) is 9.67 Å². The van der Waals surface area contributed by atoms with Crippen LogP contribution in [0.1, 0.15) is 11.4 Å². The number of hydrogen-bond donors (Lipinski definition) is 1. The van der Waals surface area contributed by atoms with Crippen molar-refractivity contribution in [3.05, 3.63) is 35.7 Å². The maximum Gasteiger partial charge on any atom is 0.453 e. The highest BCUT2D eigenvalue weighted by Gasteiger charge is 2.37. The summed E-state index contributed by atoms with van der Waals surface area (Å²) in [5.74, 6) is -1.11. The average molecular weight is 257 g/mol. The van der Waals surface area contributed by atoms with E-state index < -0.39 is 12.0 Å². The summed E-state index contributed by atoms with van der Waals surface area (Å²) in [5.41, 5.74) is 0.937. The van der Waals surface area contributed by atoms with Crippen LogP contribution in [0, 0.1) is 0 Å². The summed E-state index contributed by atoms with van der Waals surface area (Å²) in [5, 5.41) is 12.5. The molecule has 1 heterocycles. The standard InChI is InChI=1S/C11H10F3N3O/c1-17-9(15-10(16-17)11(12,13)14)8-5-3-2-4-7(8)6-18/h2-5,18H,6H2,1H3. The zero-order valence-electron chi connectivity index (χ0n) is 9.44. The van der Waals surface area contributed by atoms with E-state index in [9.17, 15) is 13.2 Å². The molecule has 0 bridgehead atoms. The number of alkyl halides is 3. The molecule has 96 valence electrons. The molecule has 0 aliphatic carbocycles. The Labute approximate surface area is 101 Å². The van der Waals surface area contributed by atoms with Gasteiger partial charge in [-0.15, -0.1) is 5.10 Å². The van der Waals surface area contributed by atoms with Crippen molar-refractivity contribution in [1.82, 2.24) is 14.8 Å². The third kappa shape index (κ3) is 2.21. The molecule has 0 saturated carbocycles. The molecule has 0 unspecified atom stereocenters. The molecule has 18 heavy (non-hydrogen) atoms. The third-order valence-corrected chi connectivity index (χ3v) is 2.45. The smallest absolute Gasteiger partial charge is 0.392 e. The third-order valence-electron chi connectivity index (χ3n) is 2.45. The molecular weight excluding hydrogens is 247 g/mol. The van der Waals surface area contributed by atoms with Gasteiger partial charge in [0.25, 0.3) is 5.82 Å². The lowest BCUT2D eigenvalue weighted by Gasteiger charge is -2.05. The van der Waals surface area contributed by atoms with Crippen molar-refractivity contribution in [2.45, 2.75) is 12.8 Å². The highest BCUT2D eigenvalue weighted by molar-refractivity contribution is 5.60. The van der Waals surface area contributed by atoms with Crippen molar-refractivity contribution in [1.29, 1.82) is 0 Å². The maximum atomic E-state index is 12.5. The fourth-order valence-electron chi connectivity index (χ4n) is 1.62. The van der Waals surface area contributed by atoms with Crippen LogP contribution in [0.5, 0.6) is 0 Å². The monoisotopic (exact) mass is 257 g/mol. The summed E-state index contributed by atoms with van der Waals surface area (Å²) in [4.78, 5) is 3.48. The number of rotatable bonds is 2. The van der Waals surface area contributed by atoms with E-state index in [0.717, 1.165) is 4.68 Å². The average Bonchev–Trinajstić information content (AvgIpc) is 2.71. The molecule has 4 nitrogen and oxygen atoms in total. The van der Waals surface area contributed by atoms with E-state index in [1.165, 1.54) is 7.05 Å². The fourth-order valence-corrected chi connectivity index (χ4v) is 1.62. The van der Waals surface area contributed by atoms with Gasteiger partial charge in [0.2, 0.25) is 0 Å². The van der Waals surface area contributed by atoms with Gasteiger partial charge in [0, 0.05) is 12.6 Å². The van der Waals surface area contributed by atoms with Gasteiger partial charge in [0.1, 0.15) is 0 Å². The van der Waals surface area contributed by atoms with Crippen LogP contribution in [0.3, 0.4) is 0 Å². The van der Waals surface area contributed by atoms with Gasteiger partial charge in [0.15, 0.2) is 5.82 Å². The Kier molecular flexibility index (Phi) is 3.08. The van der Waals surface area contributed by atoms with Crippen molar-refractivity contribution < 1.29 is 18.3 Å². The van der Waals surface area contributed by atoms with Gasteiger partial charge in [0.05, 0.1) is 6.61 Å². The fraction of sp³-hybridized carbons (Fsp3) is 0.273. The zero-order chi connectivity index (χ0) is 13.3. The molecule has 7 heteroatoms. The molecule has 0 aliphatic rings. The highest BCUT2D eigenvalue weighted by atomic mass is 19.4. The predicted octanol–water partition coefficient (Wildman–Crippen LogP) is 1.99. The van der Waals surface area contributed by atoms with Gasteiger partial charge >= 0.3 is 6.18 Å². The lowest BCUT2D eigenvalue weighted by Crippen LogP contribution is -2.08. The SMILES string of the molecule is Cn1nc(C(F)(F)F)nc1-c1ccccc1CO. The van der Waals surface area contributed by atoms with E-state index in [-0.39, 0.29) is 12.4 Å². The first-order valence-electron chi connectivity index (χ1n) is 5.11. The summed E-state index contributed by atoms with van der Waals surface area (Å²) < 4.78 is 38.5. The van der Waals surface area contributed by atoms with Crippen LogP contribution < -0.4 is 0 Å². The Morgan fingerprint density at radius 3 is 2.50 bits per heavy atom. The number of hydrogen-bond acceptors (Lipinski definition) is 3. The van der Waals surface area contributed by atoms with E-state index in [4.69, 9.17) is 5.11 Å². The molecule has 0 amide bonds. The number of aliphatic hydroxyl groups is 1. The first kappa shape index (κ1) is 12.6. The minimum absolute atomic E-state index is 0.0759. The second kappa shape index (κ2) is 4.41. The van der Waals surface area contributed by atoms with Crippen LogP contribution in [0.2, 0.25) is 0 Å². The summed E-state index contributed by atoms with van der Waals surface area (Å²) in [6.45, 7) is -0.273. The maximum absolute atomic E-state index is 12.5. The van der Waals surface area contributed by atoms with Gasteiger partial charge in [-0.05, 0) is 5.56 Å². The molecule has 2 aromatic rings. The number of aliphatic hydroxyl groups excluding tert-OH is 1. The second-order valence-corrected chi connectivity index (χ2v) is 3.70. The van der Waals surface area contributed by atoms with E-state index >= 15 is 0 Å². The zero-order valence-corrected chi connectivity index (χ0v) is 9.44. The van der Waals surface area contributed by atoms with Crippen molar-refractivity contribution in [3.8, 4) is 11.4 Å². The molecule has 1 N–H and O–H groups in total. The molecule has 0 fully saturated rings. The number of halogens is 3. The molecule has 0 saturated heterocycles. The van der Waals surface area contributed by atoms with Crippen LogP contribution in [-0.2, 0) is 19.8 Å². The van der Waals surface area contributed by atoms with Crippen LogP contribution in [0.15, 0.2) is 24.3 Å². The van der Waals surface area contributed by atoms with E-state index in [2.05, 4.69) is 10.1 Å². The van der Waals surface area contributed by atoms with Crippen molar-refractivity contribution >= 4 is 0 Å². The topological polar surface area (TPSA) is 50.9 Å². The predicted molar refractivity (Wildman–Crippen MR) is 57.4 cm³/mol. The first-order chi connectivity index (χ1) is 8.43. The molecule has 0 atom stereocenters. The van der Waals surface area contributed by atoms with E-state index in [0.29, 0.717) is 11.1 Å². The van der Waals surface area contributed by atoms with Crippen molar-refractivity contribution in [2.24, 2.45) is 7.05 Å². The van der Waals surface area contributed by atoms with Crippen LogP contribution in [-0.4, -0.2) is 19.9 Å². The Bertz CT molecular complexity index is 563. The van der Waals surface area contributed by atoms with Crippen LogP contribution in [0.4, 0.5) is 13.2 Å². The van der Waals surface area contributed by atoms with Gasteiger partial charge < -0.3 is 5.11 Å². The van der Waals surface area contributed by atoms with E-state index in [1.807, 2.05) is 0 Å². The van der Waals surface area contributed by atoms with Gasteiger partial charge in [-0.2, -0.15) is 13.2 Å². The summed E-state index contributed by atoms with van der Waals surface area (Å²) >= 11 is 0. The first-order valence-corrected chi connectivity index (χ1v) is 5.11. The number of aryl methyl sites for hydroxylation is 1. The Hall–Kier alpha value is -1.89. The Balaban J connectivity index is 2.55. The number of aromatic nitrogens is 3. The molecule has 2 rings (SSSR count). The van der Waals surface area contributed by atoms with Crippen LogP contribution >= 0.6 is 0 Å². The molecule has 0 aliphatic heterocycles. The Morgan fingerprint density at radius 1 is 1.28 bits per heavy atom. The van der Waals surface area contributed by atoms with Crippen molar-refractivity contribution in [2.75, 3.05) is 0 Å². The molecular formula is C11H10F3N3O. The minimum atomic E-state index is -4.58. The number of nitrogens with zero attached hydrogens (tertiary/aromatic N) is 3. The molecule has 1 aromatic heterocycles. The minimum Gasteiger partial charge on any atom is -0.392 e. The normalized spacial score (nSPS) is 11.8. The Morgan fingerprint density at radius 2 is 1.94 bits per heavy atom. The van der Waals surface area contributed by atoms with Crippen LogP contribution in [0.25, 0.3) is 11.4 Å². The lowest BCUT2D eigenvalue weighted by molar-refractivity contribution is -0.144. The summed E-state index contributed by atoms with van der Waals surface area (Å²) in [6.07, 6.45) is -4.58. The van der Waals surface area contributed by atoms with Crippen molar-refractivity contribution in [3.63, 3.8) is 0 Å². The summed E-state index contributed by atoms with van der Waals surface area (Å²) in [7, 11) is 1.38. The molecule has 1 aromatic carbocycles. The van der Waals surface area contributed by atoms with E-state index in [1.54, 1.807) is 24.3 Å².